The van der Waals surface area contributed by atoms with Crippen LogP contribution in [0, 0.1) is 0 Å². The number of carbonyl (C=O) groups excluding carboxylic acids is 1. The molecule has 1 amide bonds. The maximum absolute atomic E-state index is 11.8. The molecule has 0 unspecified atom stereocenters. The lowest BCUT2D eigenvalue weighted by Crippen LogP contribution is -2.20. The summed E-state index contributed by atoms with van der Waals surface area (Å²) < 4.78 is 11.8. The van der Waals surface area contributed by atoms with Gasteiger partial charge >= 0.3 is 0 Å². The molecule has 18 heavy (non-hydrogen) atoms. The van der Waals surface area contributed by atoms with Gasteiger partial charge in [0.15, 0.2) is 0 Å². The van der Waals surface area contributed by atoms with Crippen molar-refractivity contribution < 1.29 is 9.00 Å². The number of thiophene rings is 1. The van der Waals surface area contributed by atoms with Crippen LogP contribution in [0.5, 0.6) is 0 Å². The fourth-order valence-corrected chi connectivity index (χ4v) is 3.40. The second kappa shape index (κ2) is 5.93. The Morgan fingerprint density at radius 1 is 1.28 bits per heavy atom. The van der Waals surface area contributed by atoms with Gasteiger partial charge in [-0.25, -0.2) is 0 Å². The number of nitrogens with two attached hydrogens (primary N) is 1. The molecule has 0 saturated carbocycles. The third kappa shape index (κ3) is 3.27. The summed E-state index contributed by atoms with van der Waals surface area (Å²) in [4.78, 5) is 10.7. The normalized spacial score (nSPS) is 12.2. The van der Waals surface area contributed by atoms with Crippen molar-refractivity contribution in [3.8, 4) is 11.1 Å². The van der Waals surface area contributed by atoms with Crippen molar-refractivity contribution in [1.29, 1.82) is 0 Å². The largest absolute Gasteiger partial charge is 0.369 e. The van der Waals surface area contributed by atoms with Gasteiger partial charge < -0.3 is 5.73 Å². The minimum absolute atomic E-state index is 0.0853. The van der Waals surface area contributed by atoms with Crippen LogP contribution in [0.4, 0.5) is 0 Å². The number of benzene rings is 1. The predicted octanol–water partition coefficient (Wildman–Crippen LogP) is 2.15. The predicted molar refractivity (Wildman–Crippen MR) is 75.7 cm³/mol. The standard InChI is InChI=1S/C13H13NO2S2/c14-13(15)9-18(16)8-11-3-1-2-4-12(11)10-5-6-17-7-10/h1-7H,8-9H2,(H2,14,15)/t18-/m0/s1. The molecule has 0 saturated heterocycles. The highest BCUT2D eigenvalue weighted by Gasteiger charge is 2.10. The SMILES string of the molecule is NC(=O)C[S@@](=O)Cc1ccccc1-c1ccsc1. The van der Waals surface area contributed by atoms with Crippen LogP contribution in [0.25, 0.3) is 11.1 Å². The molecule has 0 fully saturated rings. The van der Waals surface area contributed by atoms with Gasteiger partial charge in [0.25, 0.3) is 0 Å². The molecule has 2 N–H and O–H groups in total. The Kier molecular flexibility index (Phi) is 4.28. The number of hydrogen-bond donors (Lipinski definition) is 1. The number of amides is 1. The zero-order valence-electron chi connectivity index (χ0n) is 9.67. The van der Waals surface area contributed by atoms with Gasteiger partial charge in [-0.2, -0.15) is 11.3 Å². The number of hydrogen-bond acceptors (Lipinski definition) is 3. The summed E-state index contributed by atoms with van der Waals surface area (Å²) in [6.07, 6.45) is 0. The van der Waals surface area contributed by atoms with Gasteiger partial charge in [0.05, 0.1) is 0 Å². The van der Waals surface area contributed by atoms with Crippen molar-refractivity contribution in [3.05, 3.63) is 46.7 Å². The highest BCUT2D eigenvalue weighted by molar-refractivity contribution is 7.84. The first-order valence-corrected chi connectivity index (χ1v) is 7.83. The van der Waals surface area contributed by atoms with E-state index in [0.717, 1.165) is 16.7 Å². The van der Waals surface area contributed by atoms with Crippen molar-refractivity contribution in [3.63, 3.8) is 0 Å². The van der Waals surface area contributed by atoms with Crippen LogP contribution >= 0.6 is 11.3 Å². The fourth-order valence-electron chi connectivity index (χ4n) is 1.73. The number of primary amides is 1. The second-order valence-corrected chi connectivity index (χ2v) is 6.10. The van der Waals surface area contributed by atoms with Crippen LogP contribution in [0.15, 0.2) is 41.1 Å². The molecule has 94 valence electrons. The quantitative estimate of drug-likeness (QED) is 0.911. The van der Waals surface area contributed by atoms with E-state index in [-0.39, 0.29) is 5.75 Å². The van der Waals surface area contributed by atoms with E-state index in [0.29, 0.717) is 5.75 Å². The third-order valence-corrected chi connectivity index (χ3v) is 4.39. The molecule has 1 atom stereocenters. The molecule has 1 heterocycles. The highest BCUT2D eigenvalue weighted by atomic mass is 32.2. The van der Waals surface area contributed by atoms with E-state index in [1.807, 2.05) is 35.7 Å². The van der Waals surface area contributed by atoms with Crippen molar-refractivity contribution >= 4 is 28.0 Å². The van der Waals surface area contributed by atoms with Crippen LogP contribution in [-0.2, 0) is 21.3 Å². The lowest BCUT2D eigenvalue weighted by molar-refractivity contribution is -0.115. The Balaban J connectivity index is 2.23. The van der Waals surface area contributed by atoms with E-state index in [4.69, 9.17) is 5.73 Å². The van der Waals surface area contributed by atoms with Gasteiger partial charge in [0.2, 0.25) is 5.91 Å². The Bertz CT molecular complexity index is 564. The zero-order chi connectivity index (χ0) is 13.0. The molecule has 2 aromatic rings. The van der Waals surface area contributed by atoms with Crippen molar-refractivity contribution in [2.75, 3.05) is 5.75 Å². The monoisotopic (exact) mass is 279 g/mol. The molecule has 0 bridgehead atoms. The van der Waals surface area contributed by atoms with Gasteiger partial charge in [-0.3, -0.25) is 9.00 Å². The first-order valence-electron chi connectivity index (χ1n) is 5.40. The molecular formula is C13H13NO2S2. The van der Waals surface area contributed by atoms with Gasteiger partial charge in [-0.05, 0) is 33.5 Å². The van der Waals surface area contributed by atoms with E-state index in [2.05, 4.69) is 5.38 Å². The van der Waals surface area contributed by atoms with Crippen molar-refractivity contribution in [2.45, 2.75) is 5.75 Å². The molecule has 0 spiro atoms. The Hall–Kier alpha value is -1.46. The molecule has 1 aromatic carbocycles. The Labute approximate surface area is 112 Å². The summed E-state index contributed by atoms with van der Waals surface area (Å²) in [5, 5.41) is 4.06. The minimum atomic E-state index is -1.24. The van der Waals surface area contributed by atoms with E-state index in [1.54, 1.807) is 11.3 Å². The number of carbonyl (C=O) groups is 1. The van der Waals surface area contributed by atoms with Crippen molar-refractivity contribution in [1.82, 2.24) is 0 Å². The molecule has 3 nitrogen and oxygen atoms in total. The van der Waals surface area contributed by atoms with Gasteiger partial charge in [-0.15, -0.1) is 0 Å². The molecule has 2 rings (SSSR count). The lowest BCUT2D eigenvalue weighted by atomic mass is 10.0. The van der Waals surface area contributed by atoms with Crippen LogP contribution in [0.1, 0.15) is 5.56 Å². The summed E-state index contributed by atoms with van der Waals surface area (Å²) in [6, 6.07) is 9.82. The summed E-state index contributed by atoms with van der Waals surface area (Å²) >= 11 is 1.62. The van der Waals surface area contributed by atoms with Crippen LogP contribution < -0.4 is 5.73 Å². The molecule has 0 aliphatic rings. The van der Waals surface area contributed by atoms with E-state index >= 15 is 0 Å². The number of rotatable bonds is 5. The van der Waals surface area contributed by atoms with E-state index in [9.17, 15) is 9.00 Å². The molecule has 1 aromatic heterocycles. The third-order valence-electron chi connectivity index (χ3n) is 2.47. The van der Waals surface area contributed by atoms with Crippen LogP contribution in [0.2, 0.25) is 0 Å². The van der Waals surface area contributed by atoms with E-state index < -0.39 is 16.7 Å². The summed E-state index contributed by atoms with van der Waals surface area (Å²) in [6.45, 7) is 0. The molecule has 0 radical (unpaired) electrons. The smallest absolute Gasteiger partial charge is 0.230 e. The average molecular weight is 279 g/mol. The maximum atomic E-state index is 11.8. The highest BCUT2D eigenvalue weighted by Crippen LogP contribution is 2.26. The summed E-state index contributed by atoms with van der Waals surface area (Å²) in [7, 11) is -1.24. The molecule has 5 heteroatoms. The van der Waals surface area contributed by atoms with Gasteiger partial charge in [-0.1, -0.05) is 24.3 Å². The zero-order valence-corrected chi connectivity index (χ0v) is 11.3. The Morgan fingerprint density at radius 2 is 2.06 bits per heavy atom. The van der Waals surface area contributed by atoms with Crippen molar-refractivity contribution in [2.24, 2.45) is 5.73 Å². The Morgan fingerprint density at radius 3 is 2.72 bits per heavy atom. The lowest BCUT2D eigenvalue weighted by Gasteiger charge is -2.07. The average Bonchev–Trinajstić information content (AvgIpc) is 2.81. The summed E-state index contributed by atoms with van der Waals surface area (Å²) in [5.74, 6) is -0.256. The molecule has 0 aliphatic carbocycles. The van der Waals surface area contributed by atoms with Gasteiger partial charge in [0.1, 0.15) is 5.75 Å². The van der Waals surface area contributed by atoms with Gasteiger partial charge in [0, 0.05) is 16.6 Å². The van der Waals surface area contributed by atoms with Crippen LogP contribution in [-0.4, -0.2) is 15.9 Å². The summed E-state index contributed by atoms with van der Waals surface area (Å²) in [5.41, 5.74) is 8.21. The first-order chi connectivity index (χ1) is 8.66. The van der Waals surface area contributed by atoms with Crippen LogP contribution in [0.3, 0.4) is 0 Å². The van der Waals surface area contributed by atoms with E-state index in [1.165, 1.54) is 0 Å². The second-order valence-electron chi connectivity index (χ2n) is 3.86. The first kappa shape index (κ1) is 13.0. The minimum Gasteiger partial charge on any atom is -0.369 e. The fraction of sp³-hybridized carbons (Fsp3) is 0.154. The maximum Gasteiger partial charge on any atom is 0.230 e. The molecular weight excluding hydrogens is 266 g/mol. The molecule has 0 aliphatic heterocycles. The topological polar surface area (TPSA) is 60.2 Å².